The van der Waals surface area contributed by atoms with Crippen molar-refractivity contribution in [2.24, 2.45) is 0 Å². The van der Waals surface area contributed by atoms with E-state index >= 15 is 0 Å². The van der Waals surface area contributed by atoms with E-state index < -0.39 is 10.7 Å². The smallest absolute Gasteiger partial charge is 0.144 e. The lowest BCUT2D eigenvalue weighted by Crippen LogP contribution is -1.89. The molecule has 1 aromatic rings. The van der Waals surface area contributed by atoms with Gasteiger partial charge in [-0.3, -0.25) is 0 Å². The number of hydrogen-bond donors (Lipinski definition) is 2. The number of anilines is 1. The Morgan fingerprint density at radius 3 is 2.15 bits per heavy atom. The molecule has 0 spiro atoms. The summed E-state index contributed by atoms with van der Waals surface area (Å²) in [6.45, 7) is 0. The molecule has 5 heteroatoms. The second kappa shape index (κ2) is 5.83. The molecule has 0 saturated carbocycles. The molecule has 0 bridgehead atoms. The quantitative estimate of drug-likeness (QED) is 0.756. The maximum absolute atomic E-state index is 10.3. The molecule has 1 aromatic carbocycles. The second-order valence-electron chi connectivity index (χ2n) is 2.44. The summed E-state index contributed by atoms with van der Waals surface area (Å²) in [4.78, 5) is 0. The molecule has 3 nitrogen and oxygen atoms in total. The summed E-state index contributed by atoms with van der Waals surface area (Å²) < 4.78 is 20.7. The maximum atomic E-state index is 10.3. The highest BCUT2D eigenvalue weighted by Crippen LogP contribution is 2.08. The van der Waals surface area contributed by atoms with Crippen LogP contribution in [0.5, 0.6) is 0 Å². The summed E-state index contributed by atoms with van der Waals surface area (Å²) in [5.41, 5.74) is 1.81. The number of thiol groups is 1. The van der Waals surface area contributed by atoms with Gasteiger partial charge in [-0.25, -0.2) is 8.42 Å². The Kier molecular flexibility index (Phi) is 5.50. The largest absolute Gasteiger partial charge is 0.388 e. The molecule has 1 rings (SSSR count). The van der Waals surface area contributed by atoms with Crippen LogP contribution in [-0.2, 0) is 16.5 Å². The van der Waals surface area contributed by atoms with E-state index in [-0.39, 0.29) is 18.2 Å². The van der Waals surface area contributed by atoms with Gasteiger partial charge in [0.15, 0.2) is 0 Å². The number of halogens is 1. The molecule has 0 aliphatic carbocycles. The van der Waals surface area contributed by atoms with Gasteiger partial charge in [0.25, 0.3) is 0 Å². The third-order valence-electron chi connectivity index (χ3n) is 1.55. The summed E-state index contributed by atoms with van der Waals surface area (Å²) in [5.74, 6) is 0.124. The highest BCUT2D eigenvalue weighted by Gasteiger charge is 1.93. The normalized spacial score (nSPS) is 9.38. The van der Waals surface area contributed by atoms with Gasteiger partial charge in [0.2, 0.25) is 0 Å². The van der Waals surface area contributed by atoms with Gasteiger partial charge in [0.1, 0.15) is 10.7 Å². The van der Waals surface area contributed by atoms with Gasteiger partial charge in [-0.2, -0.15) is 0 Å². The number of hydrogen-bond acceptors (Lipinski definition) is 3. The first-order chi connectivity index (χ1) is 5.72. The molecule has 0 atom stereocenters. The topological polar surface area (TPSA) is 46.2 Å². The van der Waals surface area contributed by atoms with Gasteiger partial charge in [0, 0.05) is 12.7 Å². The molecule has 1 N–H and O–H groups in total. The molecule has 0 saturated heterocycles. The summed E-state index contributed by atoms with van der Waals surface area (Å²) in [6, 6.07) is 7.32. The predicted octanol–water partition coefficient (Wildman–Crippen LogP) is 1.26. The van der Waals surface area contributed by atoms with Crippen molar-refractivity contribution >= 4 is 28.8 Å². The third kappa shape index (κ3) is 4.15. The molecule has 0 radical (unpaired) electrons. The van der Waals surface area contributed by atoms with Crippen molar-refractivity contribution in [3.05, 3.63) is 29.8 Å². The predicted molar refractivity (Wildman–Crippen MR) is 57.3 cm³/mol. The zero-order valence-corrected chi connectivity index (χ0v) is 8.90. The summed E-state index contributed by atoms with van der Waals surface area (Å²) >= 11 is 0. The second-order valence-corrected chi connectivity index (χ2v) is 3.42. The van der Waals surface area contributed by atoms with Crippen LogP contribution in [0.1, 0.15) is 5.56 Å². The van der Waals surface area contributed by atoms with Crippen LogP contribution in [0.3, 0.4) is 0 Å². The summed E-state index contributed by atoms with van der Waals surface area (Å²) in [6.07, 6.45) is 0. The minimum Gasteiger partial charge on any atom is -0.388 e. The minimum absolute atomic E-state index is 0. The molecule has 74 valence electrons. The fraction of sp³-hybridized carbons (Fsp3) is 0.250. The average Bonchev–Trinajstić information content (AvgIpc) is 2.05. The van der Waals surface area contributed by atoms with Gasteiger partial charge in [-0.15, -0.1) is 12.4 Å². The van der Waals surface area contributed by atoms with Crippen molar-refractivity contribution in [2.45, 2.75) is 5.75 Å². The molecular weight excluding hydrogens is 210 g/mol. The molecule has 0 unspecified atom stereocenters. The third-order valence-corrected chi connectivity index (χ3v) is 2.18. The standard InChI is InChI=1S/C8H11NO2S.ClH/c1-9-8-4-2-7(3-5-8)6-12(10)11;/h2-5,9,12H,6H2,1H3;1H. The van der Waals surface area contributed by atoms with Gasteiger partial charge in [-0.1, -0.05) is 12.1 Å². The number of nitrogens with one attached hydrogen (secondary N) is 1. The Morgan fingerprint density at radius 1 is 1.23 bits per heavy atom. The Hall–Kier alpha value is -0.740. The van der Waals surface area contributed by atoms with Crippen LogP contribution in [-0.4, -0.2) is 15.5 Å². The van der Waals surface area contributed by atoms with E-state index in [1.807, 2.05) is 19.2 Å². The fourth-order valence-electron chi connectivity index (χ4n) is 0.926. The van der Waals surface area contributed by atoms with Crippen molar-refractivity contribution in [1.82, 2.24) is 0 Å². The lowest BCUT2D eigenvalue weighted by molar-refractivity contribution is 0.614. The lowest BCUT2D eigenvalue weighted by Gasteiger charge is -1.99. The zero-order valence-electron chi connectivity index (χ0n) is 7.19. The van der Waals surface area contributed by atoms with E-state index in [1.165, 1.54) is 0 Å². The van der Waals surface area contributed by atoms with Crippen LogP contribution in [0, 0.1) is 0 Å². The molecule has 0 aliphatic heterocycles. The van der Waals surface area contributed by atoms with E-state index in [0.29, 0.717) is 0 Å². The van der Waals surface area contributed by atoms with Gasteiger partial charge < -0.3 is 5.32 Å². The van der Waals surface area contributed by atoms with Crippen LogP contribution in [0.4, 0.5) is 5.69 Å². The van der Waals surface area contributed by atoms with Crippen LogP contribution in [0.15, 0.2) is 24.3 Å². The average molecular weight is 222 g/mol. The van der Waals surface area contributed by atoms with E-state index in [0.717, 1.165) is 11.3 Å². The minimum atomic E-state index is -2.31. The van der Waals surface area contributed by atoms with E-state index in [1.54, 1.807) is 12.1 Å². The molecule has 0 aliphatic rings. The SMILES string of the molecule is CNc1ccc(C[SH](=O)=O)cc1.Cl. The monoisotopic (exact) mass is 221 g/mol. The van der Waals surface area contributed by atoms with Crippen LogP contribution in [0.2, 0.25) is 0 Å². The number of rotatable bonds is 3. The first kappa shape index (κ1) is 12.3. The van der Waals surface area contributed by atoms with Crippen molar-refractivity contribution in [3.63, 3.8) is 0 Å². The van der Waals surface area contributed by atoms with Crippen LogP contribution in [0.25, 0.3) is 0 Å². The molecule has 0 aromatic heterocycles. The lowest BCUT2D eigenvalue weighted by atomic mass is 10.2. The van der Waals surface area contributed by atoms with Gasteiger partial charge in [-0.05, 0) is 17.7 Å². The Bertz CT molecular complexity index is 313. The van der Waals surface area contributed by atoms with Crippen molar-refractivity contribution < 1.29 is 8.42 Å². The fourth-order valence-corrected chi connectivity index (χ4v) is 1.43. The van der Waals surface area contributed by atoms with E-state index in [4.69, 9.17) is 0 Å². The highest BCUT2D eigenvalue weighted by atomic mass is 35.5. The van der Waals surface area contributed by atoms with Crippen LogP contribution >= 0.6 is 12.4 Å². The highest BCUT2D eigenvalue weighted by molar-refractivity contribution is 7.71. The first-order valence-corrected chi connectivity index (χ1v) is 4.97. The summed E-state index contributed by atoms with van der Waals surface area (Å²) in [5, 5.41) is 2.96. The molecule has 0 fully saturated rings. The molecular formula is C8H12ClNO2S. The zero-order chi connectivity index (χ0) is 8.97. The van der Waals surface area contributed by atoms with Gasteiger partial charge >= 0.3 is 0 Å². The maximum Gasteiger partial charge on any atom is 0.144 e. The molecule has 0 amide bonds. The summed E-state index contributed by atoms with van der Waals surface area (Å²) in [7, 11) is -0.489. The van der Waals surface area contributed by atoms with E-state index in [2.05, 4.69) is 5.32 Å². The van der Waals surface area contributed by atoms with E-state index in [9.17, 15) is 8.42 Å². The Morgan fingerprint density at radius 2 is 1.77 bits per heavy atom. The Labute approximate surface area is 85.5 Å². The first-order valence-electron chi connectivity index (χ1n) is 3.61. The van der Waals surface area contributed by atoms with Crippen molar-refractivity contribution in [1.29, 1.82) is 0 Å². The Balaban J connectivity index is 0.00000144. The van der Waals surface area contributed by atoms with Crippen molar-refractivity contribution in [3.8, 4) is 0 Å². The van der Waals surface area contributed by atoms with Crippen molar-refractivity contribution in [2.75, 3.05) is 12.4 Å². The van der Waals surface area contributed by atoms with Crippen LogP contribution < -0.4 is 5.32 Å². The molecule has 13 heavy (non-hydrogen) atoms. The number of benzene rings is 1. The molecule has 0 heterocycles. The van der Waals surface area contributed by atoms with Gasteiger partial charge in [0.05, 0.1) is 5.75 Å².